The van der Waals surface area contributed by atoms with Gasteiger partial charge in [0, 0.05) is 6.04 Å². The van der Waals surface area contributed by atoms with Crippen LogP contribution in [0, 0.1) is 17.8 Å². The lowest BCUT2D eigenvalue weighted by Crippen LogP contribution is -2.54. The summed E-state index contributed by atoms with van der Waals surface area (Å²) in [6.45, 7) is 5.71. The number of hydrogen-bond acceptors (Lipinski definition) is 4. The summed E-state index contributed by atoms with van der Waals surface area (Å²) < 4.78 is 23.0. The maximum Gasteiger partial charge on any atom is 0.241 e. The van der Waals surface area contributed by atoms with E-state index in [1.54, 1.807) is 0 Å². The molecule has 1 aliphatic heterocycles. The van der Waals surface area contributed by atoms with Crippen LogP contribution in [0.1, 0.15) is 27.2 Å². The molecule has 108 valence electrons. The first-order valence-corrected chi connectivity index (χ1v) is 8.10. The Morgan fingerprint density at radius 2 is 2.11 bits per heavy atom. The third-order valence-corrected chi connectivity index (χ3v) is 5.14. The summed E-state index contributed by atoms with van der Waals surface area (Å²) in [5, 5.41) is 0. The van der Waals surface area contributed by atoms with E-state index < -0.39 is 15.9 Å². The van der Waals surface area contributed by atoms with Crippen LogP contribution in [0.2, 0.25) is 0 Å². The van der Waals surface area contributed by atoms with Crippen molar-refractivity contribution in [3.8, 4) is 12.3 Å². The SMILES string of the molecule is C#CCN(C(=O)C(N)C(C)(C)C)C1CCS(=O)(=O)C1. The van der Waals surface area contributed by atoms with Gasteiger partial charge in [0.1, 0.15) is 0 Å². The van der Waals surface area contributed by atoms with Gasteiger partial charge in [0.05, 0.1) is 24.1 Å². The molecule has 2 N–H and O–H groups in total. The van der Waals surface area contributed by atoms with E-state index in [0.717, 1.165) is 0 Å². The van der Waals surface area contributed by atoms with Crippen LogP contribution in [0.5, 0.6) is 0 Å². The molecule has 1 saturated heterocycles. The van der Waals surface area contributed by atoms with Crippen molar-refractivity contribution in [3.05, 3.63) is 0 Å². The summed E-state index contributed by atoms with van der Waals surface area (Å²) >= 11 is 0. The van der Waals surface area contributed by atoms with Crippen LogP contribution in [0.3, 0.4) is 0 Å². The van der Waals surface area contributed by atoms with Gasteiger partial charge in [0.2, 0.25) is 5.91 Å². The topological polar surface area (TPSA) is 80.5 Å². The van der Waals surface area contributed by atoms with Crippen molar-refractivity contribution in [2.24, 2.45) is 11.1 Å². The van der Waals surface area contributed by atoms with Crippen molar-refractivity contribution >= 4 is 15.7 Å². The maximum absolute atomic E-state index is 12.4. The highest BCUT2D eigenvalue weighted by molar-refractivity contribution is 7.91. The standard InChI is InChI=1S/C13H22N2O3S/c1-5-7-15(10-6-8-19(17,18)9-10)12(16)11(14)13(2,3)4/h1,10-11H,6-9,14H2,2-4H3. The van der Waals surface area contributed by atoms with E-state index in [2.05, 4.69) is 5.92 Å². The number of amides is 1. The van der Waals surface area contributed by atoms with Crippen molar-refractivity contribution < 1.29 is 13.2 Å². The largest absolute Gasteiger partial charge is 0.326 e. The third-order valence-electron chi connectivity index (χ3n) is 3.39. The van der Waals surface area contributed by atoms with E-state index in [0.29, 0.717) is 6.42 Å². The lowest BCUT2D eigenvalue weighted by Gasteiger charge is -2.34. The van der Waals surface area contributed by atoms with E-state index in [-0.39, 0.29) is 35.4 Å². The molecule has 0 bridgehead atoms. The van der Waals surface area contributed by atoms with Gasteiger partial charge in [0.25, 0.3) is 0 Å². The summed E-state index contributed by atoms with van der Waals surface area (Å²) in [6, 6.07) is -1.04. The molecule has 0 radical (unpaired) electrons. The Morgan fingerprint density at radius 3 is 2.47 bits per heavy atom. The quantitative estimate of drug-likeness (QED) is 0.741. The van der Waals surface area contributed by atoms with Crippen LogP contribution in [0.4, 0.5) is 0 Å². The minimum Gasteiger partial charge on any atom is -0.326 e. The minimum atomic E-state index is -3.06. The Labute approximate surface area is 115 Å². The van der Waals surface area contributed by atoms with Crippen LogP contribution in [0.15, 0.2) is 0 Å². The van der Waals surface area contributed by atoms with Crippen LogP contribution < -0.4 is 5.73 Å². The highest BCUT2D eigenvalue weighted by atomic mass is 32.2. The monoisotopic (exact) mass is 286 g/mol. The van der Waals surface area contributed by atoms with Gasteiger partial charge >= 0.3 is 0 Å². The smallest absolute Gasteiger partial charge is 0.241 e. The molecule has 0 aliphatic carbocycles. The van der Waals surface area contributed by atoms with E-state index in [4.69, 9.17) is 12.2 Å². The number of sulfone groups is 1. The van der Waals surface area contributed by atoms with Crippen molar-refractivity contribution in [1.29, 1.82) is 0 Å². The van der Waals surface area contributed by atoms with Gasteiger partial charge in [-0.3, -0.25) is 4.79 Å². The molecule has 1 rings (SSSR count). The second kappa shape index (κ2) is 5.51. The van der Waals surface area contributed by atoms with Crippen molar-refractivity contribution in [2.75, 3.05) is 18.1 Å². The predicted molar refractivity (Wildman–Crippen MR) is 75.0 cm³/mol. The van der Waals surface area contributed by atoms with Gasteiger partial charge in [0.15, 0.2) is 9.84 Å². The zero-order valence-corrected chi connectivity index (χ0v) is 12.5. The molecular formula is C13H22N2O3S. The zero-order valence-electron chi connectivity index (χ0n) is 11.7. The Balaban J connectivity index is 2.91. The van der Waals surface area contributed by atoms with Gasteiger partial charge in [-0.15, -0.1) is 6.42 Å². The maximum atomic E-state index is 12.4. The van der Waals surface area contributed by atoms with Gasteiger partial charge in [-0.25, -0.2) is 8.42 Å². The lowest BCUT2D eigenvalue weighted by atomic mass is 9.86. The fraction of sp³-hybridized carbons (Fsp3) is 0.769. The number of nitrogens with two attached hydrogens (primary N) is 1. The highest BCUT2D eigenvalue weighted by Gasteiger charge is 2.38. The van der Waals surface area contributed by atoms with Crippen molar-refractivity contribution in [2.45, 2.75) is 39.3 Å². The number of hydrogen-bond donors (Lipinski definition) is 1. The first kappa shape index (κ1) is 16.0. The van der Waals surface area contributed by atoms with Crippen LogP contribution >= 0.6 is 0 Å². The molecule has 0 aromatic carbocycles. The molecule has 19 heavy (non-hydrogen) atoms. The molecular weight excluding hydrogens is 264 g/mol. The molecule has 1 amide bonds. The summed E-state index contributed by atoms with van der Waals surface area (Å²) in [5.74, 6) is 2.23. The molecule has 1 fully saturated rings. The molecule has 0 spiro atoms. The van der Waals surface area contributed by atoms with E-state index in [1.807, 2.05) is 20.8 Å². The molecule has 2 atom stereocenters. The van der Waals surface area contributed by atoms with E-state index in [1.165, 1.54) is 4.90 Å². The molecule has 1 aliphatic rings. The molecule has 5 nitrogen and oxygen atoms in total. The fourth-order valence-corrected chi connectivity index (χ4v) is 3.79. The molecule has 1 heterocycles. The number of carbonyl (C=O) groups excluding carboxylic acids is 1. The number of carbonyl (C=O) groups is 1. The van der Waals surface area contributed by atoms with Crippen LogP contribution in [-0.4, -0.2) is 49.4 Å². The van der Waals surface area contributed by atoms with Gasteiger partial charge < -0.3 is 10.6 Å². The average Bonchev–Trinajstić information content (AvgIpc) is 2.63. The number of nitrogens with zero attached hydrogens (tertiary/aromatic N) is 1. The molecule has 0 aromatic heterocycles. The Bertz CT molecular complexity index is 485. The second-order valence-electron chi connectivity index (χ2n) is 6.07. The normalized spacial score (nSPS) is 23.6. The van der Waals surface area contributed by atoms with Crippen LogP contribution in [0.25, 0.3) is 0 Å². The van der Waals surface area contributed by atoms with Gasteiger partial charge in [-0.05, 0) is 11.8 Å². The molecule has 0 saturated carbocycles. The second-order valence-corrected chi connectivity index (χ2v) is 8.30. The minimum absolute atomic E-state index is 0.0166. The Morgan fingerprint density at radius 1 is 1.53 bits per heavy atom. The summed E-state index contributed by atoms with van der Waals surface area (Å²) in [7, 11) is -3.06. The average molecular weight is 286 g/mol. The summed E-state index contributed by atoms with van der Waals surface area (Å²) in [5.41, 5.74) is 5.56. The Hall–Kier alpha value is -1.06. The zero-order chi connectivity index (χ0) is 14.8. The van der Waals surface area contributed by atoms with E-state index in [9.17, 15) is 13.2 Å². The van der Waals surface area contributed by atoms with E-state index >= 15 is 0 Å². The highest BCUT2D eigenvalue weighted by Crippen LogP contribution is 2.23. The van der Waals surface area contributed by atoms with Crippen molar-refractivity contribution in [1.82, 2.24) is 4.90 Å². The fourth-order valence-electron chi connectivity index (χ4n) is 2.06. The summed E-state index contributed by atoms with van der Waals surface area (Å²) in [6.07, 6.45) is 5.71. The van der Waals surface area contributed by atoms with Gasteiger partial charge in [-0.1, -0.05) is 26.7 Å². The molecule has 2 unspecified atom stereocenters. The summed E-state index contributed by atoms with van der Waals surface area (Å²) in [4.78, 5) is 13.8. The van der Waals surface area contributed by atoms with Crippen molar-refractivity contribution in [3.63, 3.8) is 0 Å². The van der Waals surface area contributed by atoms with Gasteiger partial charge in [-0.2, -0.15) is 0 Å². The van der Waals surface area contributed by atoms with Crippen LogP contribution in [-0.2, 0) is 14.6 Å². The first-order valence-electron chi connectivity index (χ1n) is 6.28. The third kappa shape index (κ3) is 3.95. The molecule has 6 heteroatoms. The first-order chi connectivity index (χ1) is 8.58. The molecule has 0 aromatic rings. The number of rotatable bonds is 3. The lowest BCUT2D eigenvalue weighted by molar-refractivity contribution is -0.136. The predicted octanol–water partition coefficient (Wildman–Crippen LogP) is 0.00870. The Kier molecular flexibility index (Phi) is 4.64. The number of terminal acetylenes is 1.